The number of carbonyl (C=O) groups excluding carboxylic acids is 3. The quantitative estimate of drug-likeness (QED) is 0.779. The zero-order valence-electron chi connectivity index (χ0n) is 18.4. The van der Waals surface area contributed by atoms with Crippen LogP contribution in [0, 0.1) is 18.8 Å². The van der Waals surface area contributed by atoms with E-state index in [9.17, 15) is 14.4 Å². The first-order valence-electron chi connectivity index (χ1n) is 11.3. The molecular weight excluding hydrogens is 378 g/mol. The zero-order chi connectivity index (χ0) is 21.7. The summed E-state index contributed by atoms with van der Waals surface area (Å²) in [4.78, 5) is 39.7. The van der Waals surface area contributed by atoms with E-state index in [1.54, 1.807) is 0 Å². The summed E-state index contributed by atoms with van der Waals surface area (Å²) in [6, 6.07) is 7.50. The molecule has 1 saturated heterocycles. The van der Waals surface area contributed by atoms with Crippen molar-refractivity contribution >= 4 is 17.7 Å². The molecule has 0 bridgehead atoms. The van der Waals surface area contributed by atoms with E-state index in [0.29, 0.717) is 31.5 Å². The van der Waals surface area contributed by atoms with E-state index < -0.39 is 0 Å². The molecule has 30 heavy (non-hydrogen) atoms. The number of benzene rings is 1. The van der Waals surface area contributed by atoms with Crippen LogP contribution >= 0.6 is 0 Å². The first kappa shape index (κ1) is 22.3. The molecule has 1 aromatic carbocycles. The highest BCUT2D eigenvalue weighted by atomic mass is 16.2. The van der Waals surface area contributed by atoms with Crippen molar-refractivity contribution in [2.75, 3.05) is 13.1 Å². The molecule has 0 aromatic heterocycles. The molecule has 1 saturated carbocycles. The Morgan fingerprint density at radius 3 is 2.13 bits per heavy atom. The average Bonchev–Trinajstić information content (AvgIpc) is 2.74. The van der Waals surface area contributed by atoms with Crippen LogP contribution in [0.3, 0.4) is 0 Å². The Balaban J connectivity index is 1.55. The maximum absolute atomic E-state index is 12.9. The van der Waals surface area contributed by atoms with Gasteiger partial charge in [0.05, 0.1) is 0 Å². The Bertz CT molecular complexity index is 769. The van der Waals surface area contributed by atoms with Crippen LogP contribution in [0.25, 0.3) is 0 Å². The number of aryl methyl sites for hydroxylation is 1. The number of piperidine rings is 1. The predicted octanol–water partition coefficient (Wildman–Crippen LogP) is 3.05. The molecule has 3 rings (SSSR count). The van der Waals surface area contributed by atoms with Gasteiger partial charge in [-0.15, -0.1) is 0 Å². The molecule has 0 unspecified atom stereocenters. The molecule has 0 radical (unpaired) electrons. The molecule has 2 fully saturated rings. The van der Waals surface area contributed by atoms with Crippen LogP contribution in [-0.4, -0.2) is 47.8 Å². The molecule has 3 amide bonds. The highest BCUT2D eigenvalue weighted by molar-refractivity contribution is 5.95. The molecule has 0 spiro atoms. The minimum absolute atomic E-state index is 0.00441. The number of nitrogens with zero attached hydrogens (tertiary/aromatic N) is 1. The largest absolute Gasteiger partial charge is 0.351 e. The maximum atomic E-state index is 12.9. The van der Waals surface area contributed by atoms with Gasteiger partial charge in [-0.2, -0.15) is 0 Å². The number of hydrogen-bond donors (Lipinski definition) is 2. The van der Waals surface area contributed by atoms with E-state index >= 15 is 0 Å². The van der Waals surface area contributed by atoms with Crippen molar-refractivity contribution in [1.82, 2.24) is 15.5 Å². The van der Waals surface area contributed by atoms with Crippen LogP contribution in [0.2, 0.25) is 0 Å². The van der Waals surface area contributed by atoms with Gasteiger partial charge in [0.2, 0.25) is 11.8 Å². The third-order valence-corrected chi connectivity index (χ3v) is 6.47. The van der Waals surface area contributed by atoms with E-state index in [-0.39, 0.29) is 41.6 Å². The van der Waals surface area contributed by atoms with E-state index in [4.69, 9.17) is 0 Å². The highest BCUT2D eigenvalue weighted by Gasteiger charge is 2.32. The maximum Gasteiger partial charge on any atom is 0.251 e. The standard InChI is InChI=1S/C24H35N3O3/c1-16(2)24(30)27-14-12-18(13-15-27)22(28)25-20-10-6-7-11-21(20)26-23(29)19-9-5-4-8-17(19)3/h4-5,8-9,16,18,20-21H,6-7,10-15H2,1-3H3,(H,25,28)(H,26,29)/t20-,21-/m1/s1. The normalized spacial score (nSPS) is 22.6. The third kappa shape index (κ3) is 5.41. The van der Waals surface area contributed by atoms with Gasteiger partial charge in [-0.05, 0) is 44.2 Å². The minimum atomic E-state index is -0.0697. The second kappa shape index (κ2) is 10.1. The van der Waals surface area contributed by atoms with Gasteiger partial charge in [0.15, 0.2) is 0 Å². The van der Waals surface area contributed by atoms with E-state index in [2.05, 4.69) is 10.6 Å². The molecule has 6 heteroatoms. The summed E-state index contributed by atoms with van der Waals surface area (Å²) in [5.41, 5.74) is 1.64. The number of hydrogen-bond acceptors (Lipinski definition) is 3. The lowest BCUT2D eigenvalue weighted by Gasteiger charge is -2.36. The lowest BCUT2D eigenvalue weighted by molar-refractivity contribution is -0.138. The monoisotopic (exact) mass is 413 g/mol. The van der Waals surface area contributed by atoms with Gasteiger partial charge in [-0.25, -0.2) is 0 Å². The van der Waals surface area contributed by atoms with Crippen LogP contribution < -0.4 is 10.6 Å². The number of rotatable bonds is 5. The Labute approximate surface area is 179 Å². The summed E-state index contributed by atoms with van der Waals surface area (Å²) in [5, 5.41) is 6.38. The smallest absolute Gasteiger partial charge is 0.251 e. The fourth-order valence-electron chi connectivity index (χ4n) is 4.58. The fourth-order valence-corrected chi connectivity index (χ4v) is 4.58. The van der Waals surface area contributed by atoms with Gasteiger partial charge in [0, 0.05) is 42.6 Å². The number of amides is 3. The molecule has 1 aliphatic heterocycles. The van der Waals surface area contributed by atoms with Crippen LogP contribution in [0.5, 0.6) is 0 Å². The first-order chi connectivity index (χ1) is 14.4. The van der Waals surface area contributed by atoms with Crippen LogP contribution in [0.4, 0.5) is 0 Å². The number of nitrogens with one attached hydrogen (secondary N) is 2. The summed E-state index contributed by atoms with van der Waals surface area (Å²) < 4.78 is 0. The SMILES string of the molecule is Cc1ccccc1C(=O)N[C@@H]1CCCC[C@H]1NC(=O)C1CCN(C(=O)C(C)C)CC1. The van der Waals surface area contributed by atoms with Crippen molar-refractivity contribution < 1.29 is 14.4 Å². The fraction of sp³-hybridized carbons (Fsp3) is 0.625. The molecule has 2 N–H and O–H groups in total. The zero-order valence-corrected chi connectivity index (χ0v) is 18.4. The van der Waals surface area contributed by atoms with Crippen molar-refractivity contribution in [2.45, 2.75) is 71.4 Å². The van der Waals surface area contributed by atoms with E-state index in [1.807, 2.05) is 49.9 Å². The summed E-state index contributed by atoms with van der Waals surface area (Å²) in [5.74, 6) is 0.0969. The molecule has 1 aliphatic carbocycles. The first-order valence-corrected chi connectivity index (χ1v) is 11.3. The van der Waals surface area contributed by atoms with Crippen molar-refractivity contribution in [3.05, 3.63) is 35.4 Å². The summed E-state index contributed by atoms with van der Waals surface area (Å²) >= 11 is 0. The second-order valence-corrected chi connectivity index (χ2v) is 9.05. The third-order valence-electron chi connectivity index (χ3n) is 6.47. The Kier molecular flexibility index (Phi) is 7.51. The van der Waals surface area contributed by atoms with Gasteiger partial charge in [-0.3, -0.25) is 14.4 Å². The molecule has 2 aliphatic rings. The molecular formula is C24H35N3O3. The lowest BCUT2D eigenvalue weighted by Crippen LogP contribution is -2.55. The van der Waals surface area contributed by atoms with Crippen molar-refractivity contribution in [2.24, 2.45) is 11.8 Å². The highest BCUT2D eigenvalue weighted by Crippen LogP contribution is 2.23. The van der Waals surface area contributed by atoms with Gasteiger partial charge in [0.25, 0.3) is 5.91 Å². The summed E-state index contributed by atoms with van der Waals surface area (Å²) in [6.07, 6.45) is 5.29. The van der Waals surface area contributed by atoms with Crippen molar-refractivity contribution in [3.63, 3.8) is 0 Å². The molecule has 164 valence electrons. The molecule has 1 aromatic rings. The van der Waals surface area contributed by atoms with Gasteiger partial charge >= 0.3 is 0 Å². The van der Waals surface area contributed by atoms with Gasteiger partial charge in [0.1, 0.15) is 0 Å². The van der Waals surface area contributed by atoms with E-state index in [1.165, 1.54) is 0 Å². The number of likely N-dealkylation sites (tertiary alicyclic amines) is 1. The van der Waals surface area contributed by atoms with Crippen LogP contribution in [-0.2, 0) is 9.59 Å². The van der Waals surface area contributed by atoms with Crippen LogP contribution in [0.15, 0.2) is 24.3 Å². The predicted molar refractivity (Wildman–Crippen MR) is 117 cm³/mol. The molecule has 6 nitrogen and oxygen atoms in total. The topological polar surface area (TPSA) is 78.5 Å². The summed E-state index contributed by atoms with van der Waals surface area (Å²) in [7, 11) is 0. The van der Waals surface area contributed by atoms with Crippen molar-refractivity contribution in [3.8, 4) is 0 Å². The second-order valence-electron chi connectivity index (χ2n) is 9.05. The Hall–Kier alpha value is -2.37. The summed E-state index contributed by atoms with van der Waals surface area (Å²) in [6.45, 7) is 7.05. The minimum Gasteiger partial charge on any atom is -0.351 e. The Morgan fingerprint density at radius 2 is 1.53 bits per heavy atom. The molecule has 1 heterocycles. The van der Waals surface area contributed by atoms with Gasteiger partial charge < -0.3 is 15.5 Å². The van der Waals surface area contributed by atoms with Crippen LogP contribution in [0.1, 0.15) is 68.3 Å². The average molecular weight is 414 g/mol. The van der Waals surface area contributed by atoms with Crippen molar-refractivity contribution in [1.29, 1.82) is 0 Å². The van der Waals surface area contributed by atoms with E-state index in [0.717, 1.165) is 31.2 Å². The lowest BCUT2D eigenvalue weighted by atomic mass is 9.88. The number of carbonyl (C=O) groups is 3. The molecule has 2 atom stereocenters. The van der Waals surface area contributed by atoms with Gasteiger partial charge in [-0.1, -0.05) is 44.9 Å². The Morgan fingerprint density at radius 1 is 0.933 bits per heavy atom.